The maximum absolute atomic E-state index is 11.5. The first kappa shape index (κ1) is 16.8. The summed E-state index contributed by atoms with van der Waals surface area (Å²) in [6.07, 6.45) is 0. The third kappa shape index (κ3) is 4.00. The molecular weight excluding hydrogens is 300 g/mol. The summed E-state index contributed by atoms with van der Waals surface area (Å²) in [5.41, 5.74) is 0.186. The molecule has 1 heterocycles. The molecular formula is C16H20N2O5. The number of rotatable bonds is 5. The van der Waals surface area contributed by atoms with Gasteiger partial charge in [-0.15, -0.1) is 0 Å². The second kappa shape index (κ2) is 6.68. The van der Waals surface area contributed by atoms with Crippen LogP contribution in [0.15, 0.2) is 22.7 Å². The van der Waals surface area contributed by atoms with Crippen molar-refractivity contribution in [3.63, 3.8) is 0 Å². The van der Waals surface area contributed by atoms with Gasteiger partial charge in [-0.25, -0.2) is 4.79 Å². The van der Waals surface area contributed by atoms with Gasteiger partial charge in [-0.05, 0) is 18.2 Å². The number of carbonyl (C=O) groups is 1. The third-order valence-electron chi connectivity index (χ3n) is 3.07. The zero-order chi connectivity index (χ0) is 17.0. The van der Waals surface area contributed by atoms with Crippen molar-refractivity contribution in [1.82, 2.24) is 10.1 Å². The lowest BCUT2D eigenvalue weighted by Gasteiger charge is -2.11. The van der Waals surface area contributed by atoms with Gasteiger partial charge in [-0.1, -0.05) is 25.9 Å². The quantitative estimate of drug-likeness (QED) is 0.783. The zero-order valence-electron chi connectivity index (χ0n) is 13.9. The Hall–Kier alpha value is -2.57. The van der Waals surface area contributed by atoms with Crippen LogP contribution >= 0.6 is 0 Å². The maximum Gasteiger partial charge on any atom is 0.337 e. The Bertz CT molecular complexity index is 688. The average Bonchev–Trinajstić information content (AvgIpc) is 3.01. The average molecular weight is 320 g/mol. The fraction of sp³-hybridized carbons (Fsp3) is 0.438. The molecule has 1 aromatic carbocycles. The van der Waals surface area contributed by atoms with Crippen LogP contribution in [0.3, 0.4) is 0 Å². The molecule has 0 saturated heterocycles. The van der Waals surface area contributed by atoms with Gasteiger partial charge >= 0.3 is 5.97 Å². The van der Waals surface area contributed by atoms with Gasteiger partial charge < -0.3 is 18.7 Å². The number of methoxy groups -OCH3 is 2. The molecule has 0 radical (unpaired) electrons. The predicted molar refractivity (Wildman–Crippen MR) is 81.7 cm³/mol. The Morgan fingerprint density at radius 1 is 1.22 bits per heavy atom. The molecule has 0 amide bonds. The molecule has 2 rings (SSSR count). The predicted octanol–water partition coefficient (Wildman–Crippen LogP) is 2.74. The molecule has 1 aromatic heterocycles. The number of hydrogen-bond donors (Lipinski definition) is 0. The molecule has 0 unspecified atom stereocenters. The molecule has 23 heavy (non-hydrogen) atoms. The Kier molecular flexibility index (Phi) is 4.88. The molecule has 124 valence electrons. The second-order valence-electron chi connectivity index (χ2n) is 5.91. The van der Waals surface area contributed by atoms with Crippen LogP contribution < -0.4 is 9.47 Å². The first-order valence-corrected chi connectivity index (χ1v) is 7.07. The summed E-state index contributed by atoms with van der Waals surface area (Å²) in [6, 6.07) is 4.78. The standard InChI is InChI=1S/C16H20N2O5/c1-16(2,3)15-17-13(23-18-15)9-22-11-7-6-10(14(19)21-5)8-12(11)20-4/h6-8H,9H2,1-5H3. The van der Waals surface area contributed by atoms with Crippen molar-refractivity contribution in [3.05, 3.63) is 35.5 Å². The normalized spacial score (nSPS) is 11.2. The van der Waals surface area contributed by atoms with Crippen molar-refractivity contribution in [2.45, 2.75) is 32.8 Å². The number of nitrogens with zero attached hydrogens (tertiary/aromatic N) is 2. The lowest BCUT2D eigenvalue weighted by molar-refractivity contribution is 0.0600. The minimum atomic E-state index is -0.443. The van der Waals surface area contributed by atoms with E-state index in [-0.39, 0.29) is 12.0 Å². The summed E-state index contributed by atoms with van der Waals surface area (Å²) < 4.78 is 20.7. The number of carbonyl (C=O) groups excluding carboxylic acids is 1. The number of esters is 1. The topological polar surface area (TPSA) is 83.7 Å². The highest BCUT2D eigenvalue weighted by Gasteiger charge is 2.21. The van der Waals surface area contributed by atoms with Crippen molar-refractivity contribution in [1.29, 1.82) is 0 Å². The van der Waals surface area contributed by atoms with E-state index in [1.165, 1.54) is 14.2 Å². The van der Waals surface area contributed by atoms with Crippen molar-refractivity contribution in [2.75, 3.05) is 14.2 Å². The zero-order valence-corrected chi connectivity index (χ0v) is 13.9. The van der Waals surface area contributed by atoms with Gasteiger partial charge in [-0.3, -0.25) is 0 Å². The van der Waals surface area contributed by atoms with Crippen LogP contribution in [-0.2, 0) is 16.8 Å². The molecule has 7 heteroatoms. The van der Waals surface area contributed by atoms with Crippen molar-refractivity contribution < 1.29 is 23.5 Å². The minimum Gasteiger partial charge on any atom is -0.493 e. The number of hydrogen-bond acceptors (Lipinski definition) is 7. The molecule has 0 bridgehead atoms. The SMILES string of the molecule is COC(=O)c1ccc(OCc2nc(C(C)(C)C)no2)c(OC)c1. The highest BCUT2D eigenvalue weighted by molar-refractivity contribution is 5.90. The highest BCUT2D eigenvalue weighted by atomic mass is 16.5. The summed E-state index contributed by atoms with van der Waals surface area (Å²) in [5, 5.41) is 3.93. The summed E-state index contributed by atoms with van der Waals surface area (Å²) in [4.78, 5) is 15.8. The van der Waals surface area contributed by atoms with Crippen LogP contribution in [0.4, 0.5) is 0 Å². The second-order valence-corrected chi connectivity index (χ2v) is 5.91. The van der Waals surface area contributed by atoms with Crippen molar-refractivity contribution in [3.8, 4) is 11.5 Å². The Labute approximate surface area is 134 Å². The van der Waals surface area contributed by atoms with Crippen LogP contribution in [0.5, 0.6) is 11.5 Å². The number of benzene rings is 1. The first-order valence-electron chi connectivity index (χ1n) is 7.07. The molecule has 0 saturated carbocycles. The molecule has 7 nitrogen and oxygen atoms in total. The van der Waals surface area contributed by atoms with Crippen molar-refractivity contribution in [2.24, 2.45) is 0 Å². The van der Waals surface area contributed by atoms with Crippen LogP contribution in [0.1, 0.15) is 42.8 Å². The maximum atomic E-state index is 11.5. The summed E-state index contributed by atoms with van der Waals surface area (Å²) in [5.74, 6) is 1.43. The smallest absolute Gasteiger partial charge is 0.337 e. The molecule has 0 aliphatic rings. The van der Waals surface area contributed by atoms with Gasteiger partial charge in [0.2, 0.25) is 0 Å². The monoisotopic (exact) mass is 320 g/mol. The molecule has 2 aromatic rings. The van der Waals surface area contributed by atoms with Crippen LogP contribution in [-0.4, -0.2) is 30.3 Å². The fourth-order valence-corrected chi connectivity index (χ4v) is 1.79. The molecule has 0 aliphatic carbocycles. The minimum absolute atomic E-state index is 0.108. The fourth-order valence-electron chi connectivity index (χ4n) is 1.79. The third-order valence-corrected chi connectivity index (χ3v) is 3.07. The molecule has 0 fully saturated rings. The Balaban J connectivity index is 2.11. The summed E-state index contributed by atoms with van der Waals surface area (Å²) >= 11 is 0. The van der Waals surface area contributed by atoms with Gasteiger partial charge in [-0.2, -0.15) is 4.98 Å². The van der Waals surface area contributed by atoms with Crippen LogP contribution in [0.25, 0.3) is 0 Å². The summed E-state index contributed by atoms with van der Waals surface area (Å²) in [7, 11) is 2.81. The van der Waals surface area contributed by atoms with E-state index in [4.69, 9.17) is 14.0 Å². The van der Waals surface area contributed by atoms with Gasteiger partial charge in [0, 0.05) is 5.41 Å². The van der Waals surface area contributed by atoms with Crippen LogP contribution in [0.2, 0.25) is 0 Å². The van der Waals surface area contributed by atoms with Gasteiger partial charge in [0.05, 0.1) is 19.8 Å². The molecule has 0 aliphatic heterocycles. The number of aromatic nitrogens is 2. The Morgan fingerprint density at radius 2 is 1.96 bits per heavy atom. The van der Waals surface area contributed by atoms with E-state index in [2.05, 4.69) is 14.9 Å². The van der Waals surface area contributed by atoms with Gasteiger partial charge in [0.1, 0.15) is 0 Å². The van der Waals surface area contributed by atoms with E-state index in [9.17, 15) is 4.79 Å². The van der Waals surface area contributed by atoms with E-state index in [0.29, 0.717) is 28.8 Å². The van der Waals surface area contributed by atoms with Gasteiger partial charge in [0.25, 0.3) is 5.89 Å². The largest absolute Gasteiger partial charge is 0.493 e. The lowest BCUT2D eigenvalue weighted by atomic mass is 9.96. The van der Waals surface area contributed by atoms with E-state index < -0.39 is 5.97 Å². The molecule has 0 N–H and O–H groups in total. The van der Waals surface area contributed by atoms with E-state index in [1.807, 2.05) is 20.8 Å². The van der Waals surface area contributed by atoms with Crippen molar-refractivity contribution >= 4 is 5.97 Å². The van der Waals surface area contributed by atoms with E-state index in [0.717, 1.165) is 0 Å². The number of ether oxygens (including phenoxy) is 3. The van der Waals surface area contributed by atoms with E-state index in [1.54, 1.807) is 18.2 Å². The lowest BCUT2D eigenvalue weighted by Crippen LogP contribution is -2.13. The molecule has 0 atom stereocenters. The van der Waals surface area contributed by atoms with Gasteiger partial charge in [0.15, 0.2) is 23.9 Å². The highest BCUT2D eigenvalue weighted by Crippen LogP contribution is 2.29. The molecule has 0 spiro atoms. The van der Waals surface area contributed by atoms with E-state index >= 15 is 0 Å². The first-order chi connectivity index (χ1) is 10.8. The summed E-state index contributed by atoms with van der Waals surface area (Å²) in [6.45, 7) is 6.10. The van der Waals surface area contributed by atoms with Crippen LogP contribution in [0, 0.1) is 0 Å². The Morgan fingerprint density at radius 3 is 2.52 bits per heavy atom.